The van der Waals surface area contributed by atoms with Crippen molar-refractivity contribution in [2.45, 2.75) is 56.8 Å². The molecule has 0 bridgehead atoms. The van der Waals surface area contributed by atoms with Crippen LogP contribution < -0.4 is 4.74 Å². The Balaban J connectivity index is 1.99. The maximum absolute atomic E-state index is 13.1. The maximum atomic E-state index is 13.1. The highest BCUT2D eigenvalue weighted by molar-refractivity contribution is 7.99. The van der Waals surface area contributed by atoms with Crippen LogP contribution in [0.5, 0.6) is 5.75 Å². The molecule has 0 atom stereocenters. The van der Waals surface area contributed by atoms with Gasteiger partial charge in [-0.05, 0) is 80.8 Å². The van der Waals surface area contributed by atoms with Gasteiger partial charge in [0.05, 0.1) is 5.41 Å². The Hall–Kier alpha value is -3.10. The average molecular weight is 562 g/mol. The number of alkyl halides is 3. The van der Waals surface area contributed by atoms with Crippen molar-refractivity contribution in [3.05, 3.63) is 88.1 Å². The number of carboxylic acids is 1. The number of fused-ring (bicyclic) bond motifs is 1. The van der Waals surface area contributed by atoms with E-state index in [4.69, 9.17) is 11.6 Å². The largest absolute Gasteiger partial charge is 0.573 e. The number of aryl methyl sites for hydroxylation is 2. The minimum absolute atomic E-state index is 0.160. The van der Waals surface area contributed by atoms with Gasteiger partial charge in [-0.15, -0.1) is 13.2 Å². The first-order valence-corrected chi connectivity index (χ1v) is 13.1. The van der Waals surface area contributed by atoms with Crippen molar-refractivity contribution in [1.29, 1.82) is 0 Å². The van der Waals surface area contributed by atoms with E-state index in [2.05, 4.69) is 4.74 Å². The van der Waals surface area contributed by atoms with Gasteiger partial charge in [0, 0.05) is 44.4 Å². The second-order valence-corrected chi connectivity index (χ2v) is 11.4. The van der Waals surface area contributed by atoms with E-state index in [1.807, 2.05) is 48.7 Å². The smallest absolute Gasteiger partial charge is 0.481 e. The number of carboxylic acid groups (broad SMARTS) is 1. The Kier molecular flexibility index (Phi) is 7.77. The van der Waals surface area contributed by atoms with Crippen LogP contribution >= 0.6 is 23.4 Å². The second kappa shape index (κ2) is 10.6. The van der Waals surface area contributed by atoms with Crippen LogP contribution in [0.4, 0.5) is 13.2 Å². The Labute approximate surface area is 228 Å². The summed E-state index contributed by atoms with van der Waals surface area (Å²) in [5.74, 6) is -1.30. The Morgan fingerprint density at radius 2 is 1.71 bits per heavy atom. The van der Waals surface area contributed by atoms with Gasteiger partial charge in [-0.25, -0.2) is 0 Å². The number of aliphatic carboxylic acids is 1. The highest BCUT2D eigenvalue weighted by Crippen LogP contribution is 2.44. The molecule has 0 radical (unpaired) electrons. The van der Waals surface area contributed by atoms with E-state index in [9.17, 15) is 23.1 Å². The summed E-state index contributed by atoms with van der Waals surface area (Å²) in [6.07, 6.45) is -4.68. The fraction of sp³-hybridized carbons (Fsp3) is 0.276. The van der Waals surface area contributed by atoms with Gasteiger partial charge in [0.15, 0.2) is 0 Å². The van der Waals surface area contributed by atoms with Crippen LogP contribution in [0.2, 0.25) is 5.02 Å². The molecule has 0 aliphatic heterocycles. The van der Waals surface area contributed by atoms with E-state index in [1.165, 1.54) is 23.9 Å². The number of carbonyl (C=O) groups is 1. The summed E-state index contributed by atoms with van der Waals surface area (Å²) in [7, 11) is 0. The molecule has 3 aromatic carbocycles. The van der Waals surface area contributed by atoms with Crippen LogP contribution in [0.1, 0.15) is 36.2 Å². The van der Waals surface area contributed by atoms with Crippen molar-refractivity contribution in [3.8, 4) is 5.75 Å². The summed E-state index contributed by atoms with van der Waals surface area (Å²) < 4.78 is 45.5. The third-order valence-electron chi connectivity index (χ3n) is 6.32. The first kappa shape index (κ1) is 27.9. The molecule has 38 heavy (non-hydrogen) atoms. The predicted octanol–water partition coefficient (Wildman–Crippen LogP) is 8.66. The molecule has 0 saturated heterocycles. The van der Waals surface area contributed by atoms with Gasteiger partial charge in [-0.1, -0.05) is 47.6 Å². The van der Waals surface area contributed by atoms with Crippen molar-refractivity contribution in [1.82, 2.24) is 4.57 Å². The molecule has 4 rings (SSSR count). The number of benzene rings is 3. The van der Waals surface area contributed by atoms with E-state index in [1.54, 1.807) is 32.0 Å². The first-order valence-electron chi connectivity index (χ1n) is 11.9. The summed E-state index contributed by atoms with van der Waals surface area (Å²) in [6.45, 7) is 7.60. The molecule has 4 aromatic rings. The first-order chi connectivity index (χ1) is 17.7. The van der Waals surface area contributed by atoms with Gasteiger partial charge in [0.25, 0.3) is 0 Å². The number of ether oxygens (including phenoxy) is 1. The summed E-state index contributed by atoms with van der Waals surface area (Å²) in [6, 6.07) is 17.5. The summed E-state index contributed by atoms with van der Waals surface area (Å²) >= 11 is 7.50. The molecule has 0 amide bonds. The molecule has 0 aliphatic carbocycles. The third-order valence-corrected chi connectivity index (χ3v) is 7.89. The zero-order valence-electron chi connectivity index (χ0n) is 21.3. The van der Waals surface area contributed by atoms with Crippen molar-refractivity contribution < 1.29 is 27.8 Å². The number of nitrogens with zero attached hydrogens (tertiary/aromatic N) is 1. The molecule has 0 spiro atoms. The zero-order chi connectivity index (χ0) is 27.8. The number of halogens is 4. The number of hydrogen-bond donors (Lipinski definition) is 1. The number of hydrogen-bond acceptors (Lipinski definition) is 3. The molecular weight excluding hydrogens is 535 g/mol. The second-order valence-electron chi connectivity index (χ2n) is 9.95. The van der Waals surface area contributed by atoms with E-state index < -0.39 is 17.7 Å². The van der Waals surface area contributed by atoms with Crippen molar-refractivity contribution in [2.75, 3.05) is 0 Å². The Morgan fingerprint density at radius 1 is 1.03 bits per heavy atom. The minimum Gasteiger partial charge on any atom is -0.481 e. The van der Waals surface area contributed by atoms with Gasteiger partial charge in [-0.3, -0.25) is 4.79 Å². The molecule has 1 N–H and O–H groups in total. The molecule has 9 heteroatoms. The lowest BCUT2D eigenvalue weighted by atomic mass is 9.88. The lowest BCUT2D eigenvalue weighted by Gasteiger charge is -2.22. The van der Waals surface area contributed by atoms with E-state index >= 15 is 0 Å². The van der Waals surface area contributed by atoms with Crippen LogP contribution in [0.3, 0.4) is 0 Å². The summed E-state index contributed by atoms with van der Waals surface area (Å²) in [5, 5.41) is 11.1. The van der Waals surface area contributed by atoms with Crippen LogP contribution in [-0.2, 0) is 17.8 Å². The normalized spacial score (nSPS) is 12.2. The molecule has 1 heterocycles. The average Bonchev–Trinajstić information content (AvgIpc) is 3.07. The maximum Gasteiger partial charge on any atom is 0.573 e. The lowest BCUT2D eigenvalue weighted by Crippen LogP contribution is -2.27. The van der Waals surface area contributed by atoms with Gasteiger partial charge in [-0.2, -0.15) is 0 Å². The molecule has 4 nitrogen and oxygen atoms in total. The van der Waals surface area contributed by atoms with Gasteiger partial charge in [0.2, 0.25) is 0 Å². The van der Waals surface area contributed by atoms with Gasteiger partial charge >= 0.3 is 12.3 Å². The molecule has 0 unspecified atom stereocenters. The monoisotopic (exact) mass is 561 g/mol. The molecule has 200 valence electrons. The fourth-order valence-electron chi connectivity index (χ4n) is 4.22. The summed E-state index contributed by atoms with van der Waals surface area (Å²) in [5.41, 5.74) is 3.23. The summed E-state index contributed by atoms with van der Waals surface area (Å²) in [4.78, 5) is 13.8. The van der Waals surface area contributed by atoms with Gasteiger partial charge in [0.1, 0.15) is 5.75 Å². The SMILES string of the molecule is Cc1ccc(C)c(Sc2c(CC(C)(C)C(=O)O)n(Cc3ccc(Cl)cc3)c3ccc(OC(F)(F)F)cc23)c1. The number of rotatable bonds is 8. The fourth-order valence-corrected chi connectivity index (χ4v) is 5.61. The Morgan fingerprint density at radius 3 is 2.34 bits per heavy atom. The standard InChI is InChI=1S/C29H27ClF3NO3S/c1-17-5-6-18(2)25(13-17)38-26-22-14-21(37-29(31,32)33)11-12-23(22)34(16-19-7-9-20(30)10-8-19)24(26)15-28(3,4)27(35)36/h5-14H,15-16H2,1-4H3,(H,35,36). The zero-order valence-corrected chi connectivity index (χ0v) is 22.9. The quantitative estimate of drug-likeness (QED) is 0.234. The topological polar surface area (TPSA) is 51.5 Å². The van der Waals surface area contributed by atoms with Crippen LogP contribution in [0, 0.1) is 19.3 Å². The van der Waals surface area contributed by atoms with Crippen molar-refractivity contribution in [2.24, 2.45) is 5.41 Å². The van der Waals surface area contributed by atoms with E-state index in [0.29, 0.717) is 27.4 Å². The molecular formula is C29H27ClF3NO3S. The minimum atomic E-state index is -4.84. The molecule has 0 fully saturated rings. The molecule has 0 aliphatic rings. The predicted molar refractivity (Wildman–Crippen MR) is 144 cm³/mol. The highest BCUT2D eigenvalue weighted by Gasteiger charge is 2.34. The van der Waals surface area contributed by atoms with Gasteiger partial charge < -0.3 is 14.4 Å². The molecule has 1 aromatic heterocycles. The highest BCUT2D eigenvalue weighted by atomic mass is 35.5. The third kappa shape index (κ3) is 6.30. The van der Waals surface area contributed by atoms with E-state index in [-0.39, 0.29) is 12.2 Å². The van der Waals surface area contributed by atoms with Crippen molar-refractivity contribution >= 4 is 40.2 Å². The van der Waals surface area contributed by atoms with Crippen LogP contribution in [0.25, 0.3) is 10.9 Å². The van der Waals surface area contributed by atoms with Crippen molar-refractivity contribution in [3.63, 3.8) is 0 Å². The lowest BCUT2D eigenvalue weighted by molar-refractivity contribution is -0.274. The molecule has 0 saturated carbocycles. The number of aromatic nitrogens is 1. The van der Waals surface area contributed by atoms with E-state index in [0.717, 1.165) is 27.3 Å². The Bertz CT molecular complexity index is 1490. The van der Waals surface area contributed by atoms with Crippen LogP contribution in [-0.4, -0.2) is 22.0 Å². The van der Waals surface area contributed by atoms with Crippen LogP contribution in [0.15, 0.2) is 70.5 Å².